The highest BCUT2D eigenvalue weighted by atomic mass is 32.1. The molecule has 2 atom stereocenters. The smallest absolute Gasteiger partial charge is 0.109 e. The Morgan fingerprint density at radius 2 is 0.863 bits per heavy atom. The summed E-state index contributed by atoms with van der Waals surface area (Å²) in [6.45, 7) is 14.1. The topological polar surface area (TPSA) is 25.8 Å². The van der Waals surface area contributed by atoms with Crippen LogP contribution in [-0.2, 0) is 25.7 Å². The van der Waals surface area contributed by atoms with Gasteiger partial charge in [-0.25, -0.2) is 9.97 Å². The average Bonchev–Trinajstić information content (AvgIpc) is 3.90. The normalized spacial score (nSPS) is 13.1. The minimum Gasteiger partial charge on any atom is -0.248 e. The Kier molecular flexibility index (Phi) is 19.8. The van der Waals surface area contributed by atoms with Gasteiger partial charge in [-0.15, -0.1) is 34.0 Å². The van der Waals surface area contributed by atoms with E-state index in [4.69, 9.17) is 9.97 Å². The first-order valence-corrected chi connectivity index (χ1v) is 24.1. The molecule has 0 aromatic carbocycles. The van der Waals surface area contributed by atoms with Gasteiger partial charge in [0.1, 0.15) is 11.0 Å². The molecule has 4 rings (SSSR count). The first-order chi connectivity index (χ1) is 25.1. The van der Waals surface area contributed by atoms with E-state index in [2.05, 4.69) is 64.4 Å². The molecule has 2 nitrogen and oxygen atoms in total. The molecule has 284 valence electrons. The number of hydrogen-bond donors (Lipinski definition) is 0. The molecule has 0 saturated heterocycles. The first-order valence-electron chi connectivity index (χ1n) is 21.5. The summed E-state index contributed by atoms with van der Waals surface area (Å²) >= 11 is 5.88. The number of thiophene rings is 3. The third-order valence-electron chi connectivity index (χ3n) is 11.2. The highest BCUT2D eigenvalue weighted by Crippen LogP contribution is 2.48. The quantitative estimate of drug-likeness (QED) is 0.0541. The predicted molar refractivity (Wildman–Crippen MR) is 232 cm³/mol. The van der Waals surface area contributed by atoms with Gasteiger partial charge in [-0.1, -0.05) is 157 Å². The van der Waals surface area contributed by atoms with Crippen LogP contribution in [0.25, 0.3) is 30.5 Å². The zero-order chi connectivity index (χ0) is 36.3. The number of fused-ring (bicyclic) bond motifs is 1. The van der Waals surface area contributed by atoms with Crippen LogP contribution in [0.15, 0.2) is 22.9 Å². The maximum atomic E-state index is 5.79. The van der Waals surface area contributed by atoms with E-state index in [-0.39, 0.29) is 0 Å². The van der Waals surface area contributed by atoms with E-state index in [1.807, 2.05) is 34.0 Å². The average molecular weight is 749 g/mol. The van der Waals surface area contributed by atoms with E-state index in [9.17, 15) is 0 Å². The molecular weight excluding hydrogens is 677 g/mol. The van der Waals surface area contributed by atoms with Crippen molar-refractivity contribution >= 4 is 45.0 Å². The maximum Gasteiger partial charge on any atom is 0.109 e. The molecule has 0 fully saturated rings. The Morgan fingerprint density at radius 3 is 1.25 bits per heavy atom. The number of nitrogens with zero attached hydrogens (tertiary/aromatic N) is 2. The Bertz CT molecular complexity index is 1400. The molecule has 4 aromatic heterocycles. The summed E-state index contributed by atoms with van der Waals surface area (Å²) in [4.78, 5) is 17.3. The van der Waals surface area contributed by atoms with Gasteiger partial charge in [0.25, 0.3) is 0 Å². The molecule has 0 aliphatic carbocycles. The standard InChI is InChI=1S/C46H72N2S3/c1-7-13-17-19-21-23-27-37-29-31-49-43(37)45-41-42(46(51-45)44-38(30-32-50-44)28-24-22-20-18-14-8-2)48-40(34-36(12-6)26-16-10-4)39(47-41)33-35(11-5)25-15-9-3/h29-32,35-36H,7-28,33-34H2,1-6H3. The van der Waals surface area contributed by atoms with Crippen molar-refractivity contribution in [2.75, 3.05) is 0 Å². The molecule has 0 amide bonds. The Labute approximate surface area is 325 Å². The van der Waals surface area contributed by atoms with Gasteiger partial charge in [0.15, 0.2) is 0 Å². The molecule has 0 aliphatic rings. The summed E-state index contributed by atoms with van der Waals surface area (Å²) in [5.41, 5.74) is 8.03. The molecule has 0 N–H and O–H groups in total. The fourth-order valence-corrected chi connectivity index (χ4v) is 11.2. The van der Waals surface area contributed by atoms with Gasteiger partial charge < -0.3 is 0 Å². The predicted octanol–water partition coefficient (Wildman–Crippen LogP) is 16.5. The highest BCUT2D eigenvalue weighted by molar-refractivity contribution is 7.27. The second-order valence-electron chi connectivity index (χ2n) is 15.4. The summed E-state index contributed by atoms with van der Waals surface area (Å²) in [6, 6.07) is 4.82. The lowest BCUT2D eigenvalue weighted by Crippen LogP contribution is -2.13. The van der Waals surface area contributed by atoms with Crippen LogP contribution in [0.1, 0.15) is 192 Å². The molecule has 0 radical (unpaired) electrons. The minimum atomic E-state index is 0.680. The van der Waals surface area contributed by atoms with Crippen LogP contribution >= 0.6 is 34.0 Å². The minimum absolute atomic E-state index is 0.680. The monoisotopic (exact) mass is 748 g/mol. The molecule has 51 heavy (non-hydrogen) atoms. The van der Waals surface area contributed by atoms with Gasteiger partial charge in [0, 0.05) is 9.75 Å². The Balaban J connectivity index is 1.79. The number of aryl methyl sites for hydroxylation is 2. The fraction of sp³-hybridized carbons (Fsp3) is 0.696. The molecule has 2 unspecified atom stereocenters. The van der Waals surface area contributed by atoms with E-state index in [1.165, 1.54) is 194 Å². The number of aromatic nitrogens is 2. The lowest BCUT2D eigenvalue weighted by molar-refractivity contribution is 0.427. The van der Waals surface area contributed by atoms with Crippen LogP contribution in [0.5, 0.6) is 0 Å². The number of hydrogen-bond acceptors (Lipinski definition) is 5. The third-order valence-corrected chi connectivity index (χ3v) is 14.7. The van der Waals surface area contributed by atoms with Crippen LogP contribution in [0.2, 0.25) is 0 Å². The second-order valence-corrected chi connectivity index (χ2v) is 18.3. The molecule has 4 heterocycles. The lowest BCUT2D eigenvalue weighted by atomic mass is 9.89. The van der Waals surface area contributed by atoms with Crippen LogP contribution in [0.4, 0.5) is 0 Å². The number of unbranched alkanes of at least 4 members (excludes halogenated alkanes) is 12. The Morgan fingerprint density at radius 1 is 0.471 bits per heavy atom. The maximum absolute atomic E-state index is 5.79. The van der Waals surface area contributed by atoms with E-state index >= 15 is 0 Å². The third kappa shape index (κ3) is 12.8. The SMILES string of the molecule is CCCCCCCCc1ccsc1-c1sc(-c2sccc2CCCCCCCC)c2nc(CC(CC)CCCC)c(CC(CC)CCCC)nc12. The largest absolute Gasteiger partial charge is 0.248 e. The summed E-state index contributed by atoms with van der Waals surface area (Å²) < 4.78 is 0. The number of rotatable bonds is 28. The van der Waals surface area contributed by atoms with Gasteiger partial charge >= 0.3 is 0 Å². The lowest BCUT2D eigenvalue weighted by Gasteiger charge is -2.19. The van der Waals surface area contributed by atoms with Crippen molar-refractivity contribution in [1.29, 1.82) is 0 Å². The van der Waals surface area contributed by atoms with Crippen LogP contribution < -0.4 is 0 Å². The molecule has 0 saturated carbocycles. The van der Waals surface area contributed by atoms with Gasteiger partial charge in [-0.05, 0) is 84.4 Å². The van der Waals surface area contributed by atoms with Gasteiger partial charge in [0.2, 0.25) is 0 Å². The van der Waals surface area contributed by atoms with Gasteiger partial charge in [0.05, 0.1) is 21.1 Å². The first kappa shape index (κ1) is 42.2. The molecule has 0 spiro atoms. The van der Waals surface area contributed by atoms with Crippen molar-refractivity contribution < 1.29 is 0 Å². The fourth-order valence-electron chi connectivity index (χ4n) is 7.74. The summed E-state index contributed by atoms with van der Waals surface area (Å²) in [7, 11) is 0. The van der Waals surface area contributed by atoms with Crippen molar-refractivity contribution in [3.8, 4) is 19.5 Å². The highest BCUT2D eigenvalue weighted by Gasteiger charge is 2.26. The van der Waals surface area contributed by atoms with Gasteiger partial charge in [-0.2, -0.15) is 0 Å². The van der Waals surface area contributed by atoms with E-state index in [1.54, 1.807) is 0 Å². The van der Waals surface area contributed by atoms with E-state index in [0.717, 1.165) is 12.8 Å². The van der Waals surface area contributed by atoms with Crippen molar-refractivity contribution in [1.82, 2.24) is 9.97 Å². The zero-order valence-electron chi connectivity index (χ0n) is 33.6. The van der Waals surface area contributed by atoms with E-state index in [0.29, 0.717) is 11.8 Å². The molecular formula is C46H72N2S3. The summed E-state index contributed by atoms with van der Waals surface area (Å²) in [5, 5.41) is 4.67. The van der Waals surface area contributed by atoms with Crippen LogP contribution in [-0.4, -0.2) is 9.97 Å². The zero-order valence-corrected chi connectivity index (χ0v) is 36.0. The molecule has 0 bridgehead atoms. The van der Waals surface area contributed by atoms with Crippen molar-refractivity contribution in [2.24, 2.45) is 11.8 Å². The second kappa shape index (κ2) is 24.0. The summed E-state index contributed by atoms with van der Waals surface area (Å²) in [5.74, 6) is 1.36. The van der Waals surface area contributed by atoms with Crippen LogP contribution in [0, 0.1) is 11.8 Å². The Hall–Kier alpha value is -1.56. The molecule has 4 aromatic rings. The van der Waals surface area contributed by atoms with Crippen LogP contribution in [0.3, 0.4) is 0 Å². The summed E-state index contributed by atoms with van der Waals surface area (Å²) in [6.07, 6.45) is 30.8. The van der Waals surface area contributed by atoms with Crippen molar-refractivity contribution in [3.63, 3.8) is 0 Å². The molecule has 5 heteroatoms. The van der Waals surface area contributed by atoms with E-state index < -0.39 is 0 Å². The van der Waals surface area contributed by atoms with Crippen molar-refractivity contribution in [2.45, 2.75) is 196 Å². The van der Waals surface area contributed by atoms with Gasteiger partial charge in [-0.3, -0.25) is 0 Å². The molecule has 0 aliphatic heterocycles. The van der Waals surface area contributed by atoms with Crippen molar-refractivity contribution in [3.05, 3.63) is 45.4 Å².